The van der Waals surface area contributed by atoms with Crippen molar-refractivity contribution >= 4 is 35.0 Å². The molecule has 1 aliphatic rings. The summed E-state index contributed by atoms with van der Waals surface area (Å²) >= 11 is 0. The molecule has 1 heterocycles. The zero-order chi connectivity index (χ0) is 23.9. The summed E-state index contributed by atoms with van der Waals surface area (Å²) in [6.07, 6.45) is 1.78. The maximum atomic E-state index is 13.0. The lowest BCUT2D eigenvalue weighted by Crippen LogP contribution is -2.21. The Hall–Kier alpha value is -4.39. The van der Waals surface area contributed by atoms with E-state index in [4.69, 9.17) is 9.47 Å². The molecule has 0 spiro atoms. The predicted molar refractivity (Wildman–Crippen MR) is 133 cm³/mol. The van der Waals surface area contributed by atoms with Gasteiger partial charge in [-0.3, -0.25) is 9.59 Å². The highest BCUT2D eigenvalue weighted by Gasteiger charge is 2.28. The van der Waals surface area contributed by atoms with Crippen LogP contribution in [0.15, 0.2) is 89.5 Å². The fraction of sp³-hybridized carbons (Fsp3) is 0.148. The first-order valence-corrected chi connectivity index (χ1v) is 11.0. The van der Waals surface area contributed by atoms with Crippen molar-refractivity contribution in [3.8, 4) is 11.5 Å². The number of benzene rings is 3. The van der Waals surface area contributed by atoms with Crippen molar-refractivity contribution in [3.05, 3.63) is 90.0 Å². The van der Waals surface area contributed by atoms with Crippen LogP contribution in [-0.2, 0) is 9.59 Å². The molecule has 1 aliphatic heterocycles. The van der Waals surface area contributed by atoms with E-state index >= 15 is 0 Å². The summed E-state index contributed by atoms with van der Waals surface area (Å²) in [6.45, 7) is 3.94. The highest BCUT2D eigenvalue weighted by Crippen LogP contribution is 2.31. The molecule has 0 aromatic heterocycles. The first-order valence-electron chi connectivity index (χ1n) is 11.0. The van der Waals surface area contributed by atoms with Crippen LogP contribution in [0.25, 0.3) is 6.08 Å². The average molecular weight is 456 g/mol. The van der Waals surface area contributed by atoms with Crippen molar-refractivity contribution < 1.29 is 19.1 Å². The van der Waals surface area contributed by atoms with E-state index < -0.39 is 0 Å². The summed E-state index contributed by atoms with van der Waals surface area (Å²) in [5.74, 6) is 0.467. The number of anilines is 2. The minimum atomic E-state index is -0.274. The number of amides is 2. The Morgan fingerprint density at radius 2 is 1.68 bits per heavy atom. The van der Waals surface area contributed by atoms with Gasteiger partial charge in [0.15, 0.2) is 18.1 Å². The van der Waals surface area contributed by atoms with Crippen LogP contribution in [0.2, 0.25) is 0 Å². The van der Waals surface area contributed by atoms with Gasteiger partial charge < -0.3 is 14.8 Å². The molecule has 0 radical (unpaired) electrons. The Labute approximate surface area is 198 Å². The second kappa shape index (κ2) is 10.5. The highest BCUT2D eigenvalue weighted by molar-refractivity contribution is 6.32. The summed E-state index contributed by atoms with van der Waals surface area (Å²) in [5.41, 5.74) is 3.30. The number of hydrogen-bond acceptors (Lipinski definition) is 5. The van der Waals surface area contributed by atoms with Gasteiger partial charge in [-0.2, -0.15) is 10.1 Å². The standard InChI is InChI=1S/C27H25N3O4/c1-3-33-25-17-20(14-15-24(25)34-18-26(31)28-21-10-6-4-7-11-21)16-23-19(2)29-30(27(23)32)22-12-8-5-9-13-22/h4-17H,3,18H2,1-2H3,(H,28,31)/b23-16+. The molecule has 34 heavy (non-hydrogen) atoms. The third-order valence-electron chi connectivity index (χ3n) is 5.06. The molecule has 0 bridgehead atoms. The molecular weight excluding hydrogens is 430 g/mol. The molecule has 2 amide bonds. The predicted octanol–water partition coefficient (Wildman–Crippen LogP) is 4.91. The number of carbonyl (C=O) groups is 2. The van der Waals surface area contributed by atoms with Crippen LogP contribution in [-0.4, -0.2) is 30.7 Å². The van der Waals surface area contributed by atoms with E-state index in [1.54, 1.807) is 37.3 Å². The number of ether oxygens (including phenoxy) is 2. The summed E-state index contributed by atoms with van der Waals surface area (Å²) in [6, 6.07) is 23.8. The SMILES string of the molecule is CCOc1cc(/C=C2/C(=O)N(c3ccccc3)N=C2C)ccc1OCC(=O)Nc1ccccc1. The molecule has 0 aliphatic carbocycles. The van der Waals surface area contributed by atoms with Gasteiger partial charge in [-0.25, -0.2) is 0 Å². The molecule has 0 saturated heterocycles. The van der Waals surface area contributed by atoms with Gasteiger partial charge in [0.05, 0.1) is 23.6 Å². The number of hydrazone groups is 1. The monoisotopic (exact) mass is 455 g/mol. The second-order valence-corrected chi connectivity index (χ2v) is 7.54. The van der Waals surface area contributed by atoms with Crippen molar-refractivity contribution in [3.63, 3.8) is 0 Å². The molecule has 172 valence electrons. The van der Waals surface area contributed by atoms with Crippen molar-refractivity contribution in [2.24, 2.45) is 5.10 Å². The molecule has 0 atom stereocenters. The first kappa shape index (κ1) is 22.8. The Kier molecular flexibility index (Phi) is 7.03. The molecule has 7 nitrogen and oxygen atoms in total. The number of nitrogens with zero attached hydrogens (tertiary/aromatic N) is 2. The molecule has 3 aromatic carbocycles. The van der Waals surface area contributed by atoms with Gasteiger partial charge in [-0.15, -0.1) is 0 Å². The van der Waals surface area contributed by atoms with Crippen LogP contribution in [0.5, 0.6) is 11.5 Å². The van der Waals surface area contributed by atoms with Crippen molar-refractivity contribution in [2.75, 3.05) is 23.5 Å². The van der Waals surface area contributed by atoms with Gasteiger partial charge in [0, 0.05) is 5.69 Å². The minimum Gasteiger partial charge on any atom is -0.490 e. The molecular formula is C27H25N3O4. The van der Waals surface area contributed by atoms with E-state index in [-0.39, 0.29) is 18.4 Å². The zero-order valence-corrected chi connectivity index (χ0v) is 19.0. The average Bonchev–Trinajstić information content (AvgIpc) is 3.13. The van der Waals surface area contributed by atoms with Crippen LogP contribution in [0.4, 0.5) is 11.4 Å². The molecule has 3 aromatic rings. The highest BCUT2D eigenvalue weighted by atomic mass is 16.5. The fourth-order valence-corrected chi connectivity index (χ4v) is 3.46. The summed E-state index contributed by atoms with van der Waals surface area (Å²) in [4.78, 5) is 25.2. The third kappa shape index (κ3) is 5.32. The largest absolute Gasteiger partial charge is 0.490 e. The van der Waals surface area contributed by atoms with E-state index in [2.05, 4.69) is 10.4 Å². The summed E-state index contributed by atoms with van der Waals surface area (Å²) < 4.78 is 11.4. The second-order valence-electron chi connectivity index (χ2n) is 7.54. The lowest BCUT2D eigenvalue weighted by molar-refractivity contribution is -0.118. The summed E-state index contributed by atoms with van der Waals surface area (Å²) in [7, 11) is 0. The van der Waals surface area contributed by atoms with Gasteiger partial charge >= 0.3 is 0 Å². The number of hydrogen-bond donors (Lipinski definition) is 1. The third-order valence-corrected chi connectivity index (χ3v) is 5.06. The maximum Gasteiger partial charge on any atom is 0.280 e. The molecule has 0 fully saturated rings. The van der Waals surface area contributed by atoms with E-state index in [1.807, 2.05) is 61.5 Å². The Morgan fingerprint density at radius 1 is 0.971 bits per heavy atom. The topological polar surface area (TPSA) is 80.2 Å². The van der Waals surface area contributed by atoms with E-state index in [0.29, 0.717) is 40.8 Å². The van der Waals surface area contributed by atoms with Crippen molar-refractivity contribution in [1.29, 1.82) is 0 Å². The van der Waals surface area contributed by atoms with Gasteiger partial charge in [-0.1, -0.05) is 42.5 Å². The van der Waals surface area contributed by atoms with E-state index in [9.17, 15) is 9.59 Å². The van der Waals surface area contributed by atoms with Gasteiger partial charge in [0.1, 0.15) is 0 Å². The molecule has 4 rings (SSSR count). The summed E-state index contributed by atoms with van der Waals surface area (Å²) in [5, 5.41) is 8.59. The number of para-hydroxylation sites is 2. The van der Waals surface area contributed by atoms with Crippen LogP contribution >= 0.6 is 0 Å². The van der Waals surface area contributed by atoms with Gasteiger partial charge in [0.2, 0.25) is 0 Å². The lowest BCUT2D eigenvalue weighted by Gasteiger charge is -2.13. The Balaban J connectivity index is 1.49. The molecule has 7 heteroatoms. The van der Waals surface area contributed by atoms with Crippen molar-refractivity contribution in [1.82, 2.24) is 0 Å². The van der Waals surface area contributed by atoms with Crippen LogP contribution in [0.3, 0.4) is 0 Å². The van der Waals surface area contributed by atoms with Gasteiger partial charge in [-0.05, 0) is 61.9 Å². The molecule has 0 unspecified atom stereocenters. The van der Waals surface area contributed by atoms with Gasteiger partial charge in [0.25, 0.3) is 11.8 Å². The van der Waals surface area contributed by atoms with Crippen molar-refractivity contribution in [2.45, 2.75) is 13.8 Å². The zero-order valence-electron chi connectivity index (χ0n) is 19.0. The van der Waals surface area contributed by atoms with Crippen LogP contribution < -0.4 is 19.8 Å². The smallest absolute Gasteiger partial charge is 0.280 e. The Bertz CT molecular complexity index is 1240. The number of nitrogens with one attached hydrogen (secondary N) is 1. The van der Waals surface area contributed by atoms with Crippen LogP contribution in [0, 0.1) is 0 Å². The van der Waals surface area contributed by atoms with E-state index in [1.165, 1.54) is 5.01 Å². The number of carbonyl (C=O) groups excluding carboxylic acids is 2. The normalized spacial score (nSPS) is 14.2. The minimum absolute atomic E-state index is 0.161. The lowest BCUT2D eigenvalue weighted by atomic mass is 10.1. The molecule has 1 N–H and O–H groups in total. The Morgan fingerprint density at radius 3 is 2.38 bits per heavy atom. The van der Waals surface area contributed by atoms with E-state index in [0.717, 1.165) is 5.56 Å². The number of rotatable bonds is 8. The fourth-order valence-electron chi connectivity index (χ4n) is 3.46. The maximum absolute atomic E-state index is 13.0. The first-order chi connectivity index (χ1) is 16.5. The quantitative estimate of drug-likeness (QED) is 0.490. The molecule has 0 saturated carbocycles. The van der Waals surface area contributed by atoms with Crippen LogP contribution in [0.1, 0.15) is 19.4 Å².